The van der Waals surface area contributed by atoms with Crippen LogP contribution >= 0.6 is 0 Å². The molecule has 1 aliphatic rings. The van der Waals surface area contributed by atoms with Gasteiger partial charge in [-0.15, -0.1) is 0 Å². The van der Waals surface area contributed by atoms with Crippen molar-refractivity contribution in [1.82, 2.24) is 9.88 Å². The first-order chi connectivity index (χ1) is 9.13. The van der Waals surface area contributed by atoms with Crippen molar-refractivity contribution in [3.63, 3.8) is 0 Å². The maximum atomic E-state index is 12.5. The van der Waals surface area contributed by atoms with Crippen LogP contribution in [0, 0.1) is 5.92 Å². The van der Waals surface area contributed by atoms with Crippen molar-refractivity contribution in [1.29, 1.82) is 0 Å². The summed E-state index contributed by atoms with van der Waals surface area (Å²) in [6.07, 6.45) is 6.54. The van der Waals surface area contributed by atoms with Gasteiger partial charge < -0.3 is 10.2 Å². The van der Waals surface area contributed by atoms with E-state index in [0.29, 0.717) is 17.5 Å². The van der Waals surface area contributed by atoms with Crippen molar-refractivity contribution >= 4 is 11.7 Å². The number of nitrogens with one attached hydrogen (secondary N) is 1. The van der Waals surface area contributed by atoms with Crippen molar-refractivity contribution in [2.45, 2.75) is 38.6 Å². The molecule has 0 radical (unpaired) electrons. The first-order valence-electron chi connectivity index (χ1n) is 7.04. The fraction of sp³-hybridized carbons (Fsp3) is 0.600. The normalized spacial score (nSPS) is 22.9. The number of anilines is 1. The Bertz CT molecular complexity index is 447. The van der Waals surface area contributed by atoms with Crippen LogP contribution in [0.15, 0.2) is 18.3 Å². The Balaban J connectivity index is 2.13. The third kappa shape index (κ3) is 3.06. The standard InChI is InChI=1S/C15H23N3O/c1-11-6-4-5-7-13(11)18(3)15(19)12-8-9-17-14(10-12)16-2/h8-11,13H,4-7H2,1-3H3,(H,16,17). The fourth-order valence-corrected chi connectivity index (χ4v) is 2.93. The summed E-state index contributed by atoms with van der Waals surface area (Å²) in [6, 6.07) is 3.96. The Kier molecular flexibility index (Phi) is 4.40. The maximum Gasteiger partial charge on any atom is 0.254 e. The molecule has 2 unspecified atom stereocenters. The number of hydrogen-bond acceptors (Lipinski definition) is 3. The molecular formula is C15H23N3O. The Hall–Kier alpha value is -1.58. The monoisotopic (exact) mass is 261 g/mol. The summed E-state index contributed by atoms with van der Waals surface area (Å²) in [4.78, 5) is 18.6. The molecular weight excluding hydrogens is 238 g/mol. The summed E-state index contributed by atoms with van der Waals surface area (Å²) in [5, 5.41) is 2.97. The summed E-state index contributed by atoms with van der Waals surface area (Å²) in [5.41, 5.74) is 0.708. The zero-order valence-electron chi connectivity index (χ0n) is 12.0. The highest BCUT2D eigenvalue weighted by Crippen LogP contribution is 2.28. The number of pyridine rings is 1. The molecule has 2 atom stereocenters. The van der Waals surface area contributed by atoms with E-state index >= 15 is 0 Å². The molecule has 4 heteroatoms. The largest absolute Gasteiger partial charge is 0.373 e. The van der Waals surface area contributed by atoms with E-state index in [0.717, 1.165) is 12.2 Å². The minimum atomic E-state index is 0.0950. The molecule has 4 nitrogen and oxygen atoms in total. The van der Waals surface area contributed by atoms with E-state index in [2.05, 4.69) is 17.2 Å². The first kappa shape index (κ1) is 13.8. The zero-order chi connectivity index (χ0) is 13.8. The van der Waals surface area contributed by atoms with Crippen LogP contribution in [0.5, 0.6) is 0 Å². The Morgan fingerprint density at radius 3 is 2.84 bits per heavy atom. The number of carbonyl (C=O) groups excluding carboxylic acids is 1. The van der Waals surface area contributed by atoms with Gasteiger partial charge in [-0.25, -0.2) is 4.98 Å². The highest BCUT2D eigenvalue weighted by molar-refractivity contribution is 5.94. The highest BCUT2D eigenvalue weighted by Gasteiger charge is 2.28. The number of carbonyl (C=O) groups is 1. The lowest BCUT2D eigenvalue weighted by molar-refractivity contribution is 0.0629. The molecule has 2 rings (SSSR count). The molecule has 1 heterocycles. The van der Waals surface area contributed by atoms with Gasteiger partial charge in [0.15, 0.2) is 0 Å². The van der Waals surface area contributed by atoms with Crippen molar-refractivity contribution in [2.24, 2.45) is 5.92 Å². The molecule has 1 fully saturated rings. The first-order valence-corrected chi connectivity index (χ1v) is 7.04. The summed E-state index contributed by atoms with van der Waals surface area (Å²) < 4.78 is 0. The molecule has 0 saturated heterocycles. The summed E-state index contributed by atoms with van der Waals surface area (Å²) in [6.45, 7) is 2.25. The average molecular weight is 261 g/mol. The topological polar surface area (TPSA) is 45.2 Å². The van der Waals surface area contributed by atoms with Gasteiger partial charge in [-0.3, -0.25) is 4.79 Å². The molecule has 1 N–H and O–H groups in total. The van der Waals surface area contributed by atoms with Crippen LogP contribution in [0.2, 0.25) is 0 Å². The van der Waals surface area contributed by atoms with Gasteiger partial charge in [-0.05, 0) is 30.9 Å². The van der Waals surface area contributed by atoms with Crippen molar-refractivity contribution < 1.29 is 4.79 Å². The third-order valence-electron chi connectivity index (χ3n) is 4.15. The van der Waals surface area contributed by atoms with E-state index in [1.165, 1.54) is 19.3 Å². The second kappa shape index (κ2) is 6.04. The van der Waals surface area contributed by atoms with Crippen LogP contribution in [0.3, 0.4) is 0 Å². The third-order valence-corrected chi connectivity index (χ3v) is 4.15. The van der Waals surface area contributed by atoms with E-state index in [-0.39, 0.29) is 5.91 Å². The van der Waals surface area contributed by atoms with E-state index < -0.39 is 0 Å². The predicted molar refractivity (Wildman–Crippen MR) is 77.3 cm³/mol. The number of amides is 1. The number of rotatable bonds is 3. The van der Waals surface area contributed by atoms with Gasteiger partial charge in [-0.2, -0.15) is 0 Å². The molecule has 0 bridgehead atoms. The second-order valence-electron chi connectivity index (χ2n) is 5.42. The van der Waals surface area contributed by atoms with Crippen LogP contribution in [-0.4, -0.2) is 35.9 Å². The van der Waals surface area contributed by atoms with Crippen molar-refractivity contribution in [3.8, 4) is 0 Å². The van der Waals surface area contributed by atoms with Crippen LogP contribution in [0.1, 0.15) is 43.0 Å². The SMILES string of the molecule is CNc1cc(C(=O)N(C)C2CCCCC2C)ccn1. The quantitative estimate of drug-likeness (QED) is 0.910. The molecule has 1 saturated carbocycles. The van der Waals surface area contributed by atoms with Gasteiger partial charge in [-0.1, -0.05) is 19.8 Å². The minimum Gasteiger partial charge on any atom is -0.373 e. The molecule has 0 aliphatic heterocycles. The van der Waals surface area contributed by atoms with Gasteiger partial charge in [0.05, 0.1) is 0 Å². The average Bonchev–Trinajstić information content (AvgIpc) is 2.46. The minimum absolute atomic E-state index is 0.0950. The highest BCUT2D eigenvalue weighted by atomic mass is 16.2. The zero-order valence-corrected chi connectivity index (χ0v) is 12.0. The van der Waals surface area contributed by atoms with E-state index in [9.17, 15) is 4.79 Å². The van der Waals surface area contributed by atoms with E-state index in [1.807, 2.05) is 25.1 Å². The Morgan fingerprint density at radius 2 is 2.16 bits per heavy atom. The lowest BCUT2D eigenvalue weighted by Crippen LogP contribution is -2.42. The van der Waals surface area contributed by atoms with Crippen molar-refractivity contribution in [3.05, 3.63) is 23.9 Å². The van der Waals surface area contributed by atoms with E-state index in [4.69, 9.17) is 0 Å². The lowest BCUT2D eigenvalue weighted by atomic mass is 9.85. The smallest absolute Gasteiger partial charge is 0.254 e. The van der Waals surface area contributed by atoms with E-state index in [1.54, 1.807) is 12.3 Å². The molecule has 104 valence electrons. The molecule has 0 aromatic carbocycles. The second-order valence-corrected chi connectivity index (χ2v) is 5.42. The maximum absolute atomic E-state index is 12.5. The lowest BCUT2D eigenvalue weighted by Gasteiger charge is -2.36. The Morgan fingerprint density at radius 1 is 1.42 bits per heavy atom. The van der Waals surface area contributed by atoms with Gasteiger partial charge in [0.25, 0.3) is 5.91 Å². The van der Waals surface area contributed by atoms with Crippen LogP contribution in [0.4, 0.5) is 5.82 Å². The van der Waals surface area contributed by atoms with Gasteiger partial charge in [0.1, 0.15) is 5.82 Å². The predicted octanol–water partition coefficient (Wildman–Crippen LogP) is 2.77. The fourth-order valence-electron chi connectivity index (χ4n) is 2.93. The Labute approximate surface area is 115 Å². The van der Waals surface area contributed by atoms with Crippen LogP contribution in [0.25, 0.3) is 0 Å². The van der Waals surface area contributed by atoms with Gasteiger partial charge >= 0.3 is 0 Å². The molecule has 19 heavy (non-hydrogen) atoms. The van der Waals surface area contributed by atoms with Crippen LogP contribution < -0.4 is 5.32 Å². The number of aromatic nitrogens is 1. The molecule has 0 spiro atoms. The van der Waals surface area contributed by atoms with Gasteiger partial charge in [0.2, 0.25) is 0 Å². The number of hydrogen-bond donors (Lipinski definition) is 1. The molecule has 1 aromatic heterocycles. The molecule has 1 aliphatic carbocycles. The van der Waals surface area contributed by atoms with Gasteiger partial charge in [0, 0.05) is 31.9 Å². The number of nitrogens with zero attached hydrogens (tertiary/aromatic N) is 2. The van der Waals surface area contributed by atoms with Crippen LogP contribution in [-0.2, 0) is 0 Å². The van der Waals surface area contributed by atoms with Crippen molar-refractivity contribution in [2.75, 3.05) is 19.4 Å². The summed E-state index contributed by atoms with van der Waals surface area (Å²) in [5.74, 6) is 1.42. The summed E-state index contributed by atoms with van der Waals surface area (Å²) >= 11 is 0. The summed E-state index contributed by atoms with van der Waals surface area (Å²) in [7, 11) is 3.73. The molecule has 1 aromatic rings. The molecule has 1 amide bonds.